The number of para-hydroxylation sites is 1. The zero-order valence-electron chi connectivity index (χ0n) is 18.1. The zero-order valence-corrected chi connectivity index (χ0v) is 18.1. The number of hydrogen-bond donors (Lipinski definition) is 1. The molecule has 0 atom stereocenters. The van der Waals surface area contributed by atoms with E-state index in [1.165, 1.54) is 30.7 Å². The quantitative estimate of drug-likeness (QED) is 0.653. The minimum atomic E-state index is -0.723. The third-order valence-corrected chi connectivity index (χ3v) is 5.11. The van der Waals surface area contributed by atoms with Gasteiger partial charge < -0.3 is 19.6 Å². The second-order valence-corrected chi connectivity index (χ2v) is 8.51. The molecule has 1 amide bonds. The molecule has 4 rings (SSSR count). The van der Waals surface area contributed by atoms with Crippen LogP contribution in [0.3, 0.4) is 0 Å². The summed E-state index contributed by atoms with van der Waals surface area (Å²) in [6, 6.07) is 5.46. The van der Waals surface area contributed by atoms with E-state index in [1.54, 1.807) is 11.0 Å². The van der Waals surface area contributed by atoms with Crippen LogP contribution in [-0.2, 0) is 4.74 Å². The first-order valence-corrected chi connectivity index (χ1v) is 10.2. The number of amides is 1. The van der Waals surface area contributed by atoms with Crippen LogP contribution in [0.2, 0.25) is 0 Å². The first-order chi connectivity index (χ1) is 15.2. The largest absolute Gasteiger partial charge is 0.506 e. The Bertz CT molecular complexity index is 1210. The molecule has 0 aliphatic carbocycles. The van der Waals surface area contributed by atoms with E-state index in [-0.39, 0.29) is 23.0 Å². The van der Waals surface area contributed by atoms with Crippen molar-refractivity contribution in [3.63, 3.8) is 0 Å². The Morgan fingerprint density at radius 3 is 2.50 bits per heavy atom. The van der Waals surface area contributed by atoms with Crippen molar-refractivity contribution in [3.05, 3.63) is 53.0 Å². The minimum Gasteiger partial charge on any atom is -0.506 e. The standard InChI is InChI=1S/C22H24FN5O4/c1-22(2,3)32-21(31)27-11-9-26(10-12-27)19-14-7-8-28(20(30)17(14)24-13-25-19)18-15(23)5-4-6-16(18)29/h4-8,13,29H,9-12H2,1-3H3. The molecule has 3 heterocycles. The summed E-state index contributed by atoms with van der Waals surface area (Å²) in [6.45, 7) is 7.36. The van der Waals surface area contributed by atoms with Gasteiger partial charge in [0, 0.05) is 32.4 Å². The van der Waals surface area contributed by atoms with Crippen molar-refractivity contribution in [2.45, 2.75) is 26.4 Å². The van der Waals surface area contributed by atoms with Crippen molar-refractivity contribution < 1.29 is 19.0 Å². The van der Waals surface area contributed by atoms with E-state index in [9.17, 15) is 19.1 Å². The van der Waals surface area contributed by atoms with Crippen LogP contribution in [-0.4, -0.2) is 62.4 Å². The average Bonchev–Trinajstić information content (AvgIpc) is 2.74. The summed E-state index contributed by atoms with van der Waals surface area (Å²) in [5.41, 5.74) is -1.26. The van der Waals surface area contributed by atoms with Gasteiger partial charge in [-0.15, -0.1) is 0 Å². The van der Waals surface area contributed by atoms with Crippen LogP contribution in [0, 0.1) is 5.82 Å². The normalized spacial score (nSPS) is 14.6. The maximum Gasteiger partial charge on any atom is 0.410 e. The highest BCUT2D eigenvalue weighted by Crippen LogP contribution is 2.26. The first kappa shape index (κ1) is 21.5. The number of pyridine rings is 1. The molecule has 1 saturated heterocycles. The van der Waals surface area contributed by atoms with E-state index in [1.807, 2.05) is 25.7 Å². The molecule has 0 spiro atoms. The second kappa shape index (κ2) is 8.10. The number of ether oxygens (including phenoxy) is 1. The molecule has 168 valence electrons. The van der Waals surface area contributed by atoms with E-state index in [0.29, 0.717) is 37.4 Å². The molecule has 32 heavy (non-hydrogen) atoms. The number of carbonyl (C=O) groups excluding carboxylic acids is 1. The summed E-state index contributed by atoms with van der Waals surface area (Å²) in [4.78, 5) is 37.4. The number of aromatic nitrogens is 3. The lowest BCUT2D eigenvalue weighted by molar-refractivity contribution is 0.0240. The van der Waals surface area contributed by atoms with Crippen molar-refractivity contribution in [3.8, 4) is 11.4 Å². The van der Waals surface area contributed by atoms with Crippen LogP contribution >= 0.6 is 0 Å². The number of benzene rings is 1. The van der Waals surface area contributed by atoms with E-state index in [4.69, 9.17) is 4.74 Å². The number of piperazine rings is 1. The molecule has 1 aliphatic heterocycles. The fraction of sp³-hybridized carbons (Fsp3) is 0.364. The monoisotopic (exact) mass is 441 g/mol. The van der Waals surface area contributed by atoms with E-state index < -0.39 is 17.0 Å². The van der Waals surface area contributed by atoms with Crippen molar-refractivity contribution in [1.29, 1.82) is 0 Å². The highest BCUT2D eigenvalue weighted by Gasteiger charge is 2.27. The van der Waals surface area contributed by atoms with E-state index >= 15 is 0 Å². The molecular weight excluding hydrogens is 417 g/mol. The van der Waals surface area contributed by atoms with Crippen LogP contribution in [0.15, 0.2) is 41.6 Å². The summed E-state index contributed by atoms with van der Waals surface area (Å²) in [5, 5.41) is 10.6. The fourth-order valence-electron chi connectivity index (χ4n) is 3.64. The van der Waals surface area contributed by atoms with Gasteiger partial charge in [0.1, 0.15) is 34.7 Å². The molecule has 1 fully saturated rings. The Morgan fingerprint density at radius 1 is 1.12 bits per heavy atom. The van der Waals surface area contributed by atoms with Gasteiger partial charge in [0.15, 0.2) is 5.82 Å². The summed E-state index contributed by atoms with van der Waals surface area (Å²) in [5.74, 6) is -0.515. The molecule has 0 bridgehead atoms. The van der Waals surface area contributed by atoms with Crippen molar-refractivity contribution in [2.24, 2.45) is 0 Å². The van der Waals surface area contributed by atoms with Crippen LogP contribution < -0.4 is 10.5 Å². The number of halogens is 1. The number of nitrogens with zero attached hydrogens (tertiary/aromatic N) is 5. The van der Waals surface area contributed by atoms with Crippen molar-refractivity contribution in [2.75, 3.05) is 31.1 Å². The summed E-state index contributed by atoms with van der Waals surface area (Å²) in [6.07, 6.45) is 2.31. The number of fused-ring (bicyclic) bond motifs is 1. The maximum absolute atomic E-state index is 14.3. The summed E-state index contributed by atoms with van der Waals surface area (Å²) >= 11 is 0. The number of anilines is 1. The van der Waals surface area contributed by atoms with Crippen LogP contribution in [0.25, 0.3) is 16.6 Å². The van der Waals surface area contributed by atoms with Gasteiger partial charge in [-0.05, 0) is 39.0 Å². The topological polar surface area (TPSA) is 101 Å². The highest BCUT2D eigenvalue weighted by molar-refractivity contribution is 5.89. The molecule has 1 aliphatic rings. The molecule has 1 N–H and O–H groups in total. The summed E-state index contributed by atoms with van der Waals surface area (Å²) in [7, 11) is 0. The molecule has 2 aromatic heterocycles. The number of rotatable bonds is 2. The Morgan fingerprint density at radius 2 is 1.84 bits per heavy atom. The Balaban J connectivity index is 1.63. The summed E-state index contributed by atoms with van der Waals surface area (Å²) < 4.78 is 20.7. The van der Waals surface area contributed by atoms with Gasteiger partial charge in [0.25, 0.3) is 5.56 Å². The van der Waals surface area contributed by atoms with E-state index in [2.05, 4.69) is 9.97 Å². The molecule has 10 heteroatoms. The Labute approximate surface area is 183 Å². The molecule has 0 unspecified atom stereocenters. The van der Waals surface area contributed by atoms with Gasteiger partial charge in [-0.1, -0.05) is 6.07 Å². The van der Waals surface area contributed by atoms with Crippen LogP contribution in [0.1, 0.15) is 20.8 Å². The predicted molar refractivity (Wildman–Crippen MR) is 117 cm³/mol. The lowest BCUT2D eigenvalue weighted by Crippen LogP contribution is -2.50. The minimum absolute atomic E-state index is 0.106. The first-order valence-electron chi connectivity index (χ1n) is 10.2. The van der Waals surface area contributed by atoms with Crippen molar-refractivity contribution >= 4 is 22.8 Å². The number of phenols is 1. The van der Waals surface area contributed by atoms with Crippen LogP contribution in [0.4, 0.5) is 15.0 Å². The van der Waals surface area contributed by atoms with Crippen molar-refractivity contribution in [1.82, 2.24) is 19.4 Å². The Kier molecular flexibility index (Phi) is 5.45. The highest BCUT2D eigenvalue weighted by atomic mass is 19.1. The van der Waals surface area contributed by atoms with Gasteiger partial charge >= 0.3 is 6.09 Å². The SMILES string of the molecule is CC(C)(C)OC(=O)N1CCN(c2ncnc3c(=O)n(-c4c(O)cccc4F)ccc23)CC1. The predicted octanol–water partition coefficient (Wildman–Crippen LogP) is 2.68. The van der Waals surface area contributed by atoms with Gasteiger partial charge in [-0.2, -0.15) is 0 Å². The lowest BCUT2D eigenvalue weighted by Gasteiger charge is -2.36. The number of phenolic OH excluding ortho intramolecular Hbond substituents is 1. The third-order valence-electron chi connectivity index (χ3n) is 5.11. The van der Waals surface area contributed by atoms with Gasteiger partial charge in [0.05, 0.1) is 5.39 Å². The van der Waals surface area contributed by atoms with Gasteiger partial charge in [-0.25, -0.2) is 19.2 Å². The molecule has 3 aromatic rings. The van der Waals surface area contributed by atoms with Crippen LogP contribution in [0.5, 0.6) is 5.75 Å². The average molecular weight is 441 g/mol. The van der Waals surface area contributed by atoms with E-state index in [0.717, 1.165) is 4.57 Å². The third kappa shape index (κ3) is 4.08. The second-order valence-electron chi connectivity index (χ2n) is 8.51. The maximum atomic E-state index is 14.3. The smallest absolute Gasteiger partial charge is 0.410 e. The number of hydrogen-bond acceptors (Lipinski definition) is 7. The molecule has 0 radical (unpaired) electrons. The molecule has 9 nitrogen and oxygen atoms in total. The molecule has 0 saturated carbocycles. The fourth-order valence-corrected chi connectivity index (χ4v) is 3.64. The molecule has 1 aromatic carbocycles. The van der Waals surface area contributed by atoms with Gasteiger partial charge in [-0.3, -0.25) is 9.36 Å². The number of aromatic hydroxyl groups is 1. The number of carbonyl (C=O) groups is 1. The lowest BCUT2D eigenvalue weighted by atomic mass is 10.2. The zero-order chi connectivity index (χ0) is 23.0. The Hall–Kier alpha value is -3.69. The molecular formula is C22H24FN5O4. The van der Waals surface area contributed by atoms with Gasteiger partial charge in [0.2, 0.25) is 0 Å².